The number of aromatic nitrogens is 3. The number of halogens is 3. The number of benzene rings is 1. The van der Waals surface area contributed by atoms with Crippen molar-refractivity contribution < 1.29 is 18.7 Å². The Labute approximate surface area is 117 Å². The van der Waals surface area contributed by atoms with E-state index in [0.717, 1.165) is 10.7 Å². The van der Waals surface area contributed by atoms with Gasteiger partial charge in [0.05, 0.1) is 5.02 Å². The SMILES string of the molecule is CC(C)c1nc(C(=O)O)nn1-c1c(F)cc(F)cc1Cl. The molecule has 0 aliphatic rings. The van der Waals surface area contributed by atoms with E-state index in [1.165, 1.54) is 0 Å². The third-order valence-electron chi connectivity index (χ3n) is 2.53. The molecule has 0 unspecified atom stereocenters. The van der Waals surface area contributed by atoms with Gasteiger partial charge in [0.1, 0.15) is 17.3 Å². The van der Waals surface area contributed by atoms with Gasteiger partial charge in [-0.2, -0.15) is 0 Å². The highest BCUT2D eigenvalue weighted by Gasteiger charge is 2.22. The maximum atomic E-state index is 13.9. The van der Waals surface area contributed by atoms with Gasteiger partial charge in [0.2, 0.25) is 0 Å². The topological polar surface area (TPSA) is 68.0 Å². The van der Waals surface area contributed by atoms with Crippen molar-refractivity contribution in [1.29, 1.82) is 0 Å². The summed E-state index contributed by atoms with van der Waals surface area (Å²) in [6.45, 7) is 3.48. The molecule has 0 amide bonds. The second-order valence-electron chi connectivity index (χ2n) is 4.38. The average molecular weight is 302 g/mol. The minimum absolute atomic E-state index is 0.216. The second kappa shape index (κ2) is 5.16. The number of carboxylic acid groups (broad SMARTS) is 1. The molecule has 0 bridgehead atoms. The first-order chi connectivity index (χ1) is 9.31. The third kappa shape index (κ3) is 2.49. The molecule has 1 N–H and O–H groups in total. The highest BCUT2D eigenvalue weighted by molar-refractivity contribution is 6.32. The Morgan fingerprint density at radius 1 is 1.40 bits per heavy atom. The number of nitrogens with zero attached hydrogens (tertiary/aromatic N) is 3. The average Bonchev–Trinajstić information content (AvgIpc) is 2.72. The van der Waals surface area contributed by atoms with Gasteiger partial charge in [-0.15, -0.1) is 5.10 Å². The summed E-state index contributed by atoms with van der Waals surface area (Å²) in [6, 6.07) is 1.57. The van der Waals surface area contributed by atoms with E-state index in [9.17, 15) is 13.6 Å². The van der Waals surface area contributed by atoms with Crippen LogP contribution in [0, 0.1) is 11.6 Å². The van der Waals surface area contributed by atoms with Crippen LogP contribution in [0.25, 0.3) is 5.69 Å². The van der Waals surface area contributed by atoms with Crippen molar-refractivity contribution >= 4 is 17.6 Å². The van der Waals surface area contributed by atoms with Crippen LogP contribution in [-0.4, -0.2) is 25.8 Å². The van der Waals surface area contributed by atoms with Gasteiger partial charge >= 0.3 is 5.97 Å². The van der Waals surface area contributed by atoms with Crippen LogP contribution in [0.4, 0.5) is 8.78 Å². The van der Waals surface area contributed by atoms with E-state index in [0.29, 0.717) is 6.07 Å². The van der Waals surface area contributed by atoms with Crippen LogP contribution in [0.5, 0.6) is 0 Å². The molecule has 0 spiro atoms. The van der Waals surface area contributed by atoms with E-state index < -0.39 is 23.4 Å². The Bertz CT molecular complexity index is 662. The first-order valence-corrected chi connectivity index (χ1v) is 6.04. The highest BCUT2D eigenvalue weighted by atomic mass is 35.5. The van der Waals surface area contributed by atoms with Crippen LogP contribution in [-0.2, 0) is 0 Å². The molecule has 0 radical (unpaired) electrons. The van der Waals surface area contributed by atoms with E-state index in [2.05, 4.69) is 10.1 Å². The fourth-order valence-electron chi connectivity index (χ4n) is 1.69. The monoisotopic (exact) mass is 301 g/mol. The predicted octanol–water partition coefficient (Wildman–Crippen LogP) is 3.02. The first-order valence-electron chi connectivity index (χ1n) is 5.66. The van der Waals surface area contributed by atoms with Crippen LogP contribution in [0.15, 0.2) is 12.1 Å². The number of rotatable bonds is 3. The molecular formula is C12H10ClF2N3O2. The predicted molar refractivity (Wildman–Crippen MR) is 67.3 cm³/mol. The summed E-state index contributed by atoms with van der Waals surface area (Å²) in [4.78, 5) is 14.7. The smallest absolute Gasteiger partial charge is 0.375 e. The molecule has 0 aliphatic heterocycles. The molecule has 8 heteroatoms. The van der Waals surface area contributed by atoms with Crippen LogP contribution < -0.4 is 0 Å². The number of hydrogen-bond donors (Lipinski definition) is 1. The van der Waals surface area contributed by atoms with Gasteiger partial charge in [-0.05, 0) is 6.07 Å². The number of carbonyl (C=O) groups is 1. The fraction of sp³-hybridized carbons (Fsp3) is 0.250. The van der Waals surface area contributed by atoms with E-state index >= 15 is 0 Å². The van der Waals surface area contributed by atoms with Gasteiger partial charge < -0.3 is 5.11 Å². The first kappa shape index (κ1) is 14.4. The Hall–Kier alpha value is -2.02. The van der Waals surface area contributed by atoms with Gasteiger partial charge in [0.25, 0.3) is 5.82 Å². The summed E-state index contributed by atoms with van der Waals surface area (Å²) >= 11 is 5.82. The molecule has 1 aromatic carbocycles. The van der Waals surface area contributed by atoms with Crippen LogP contribution >= 0.6 is 11.6 Å². The van der Waals surface area contributed by atoms with Crippen molar-refractivity contribution in [1.82, 2.24) is 14.8 Å². The zero-order valence-corrected chi connectivity index (χ0v) is 11.3. The fourth-order valence-corrected chi connectivity index (χ4v) is 1.96. The molecule has 5 nitrogen and oxygen atoms in total. The van der Waals surface area contributed by atoms with Gasteiger partial charge in [-0.25, -0.2) is 23.2 Å². The normalized spacial score (nSPS) is 11.1. The zero-order chi connectivity index (χ0) is 15.0. The summed E-state index contributed by atoms with van der Waals surface area (Å²) in [5.74, 6) is -3.61. The van der Waals surface area contributed by atoms with Gasteiger partial charge in [-0.3, -0.25) is 0 Å². The Balaban J connectivity index is 2.72. The lowest BCUT2D eigenvalue weighted by atomic mass is 10.2. The van der Waals surface area contributed by atoms with E-state index in [4.69, 9.17) is 16.7 Å². The molecule has 0 aliphatic carbocycles. The number of aromatic carboxylic acids is 1. The molecule has 20 heavy (non-hydrogen) atoms. The highest BCUT2D eigenvalue weighted by Crippen LogP contribution is 2.27. The standard InChI is InChI=1S/C12H10ClF2N3O2/c1-5(2)11-16-10(12(19)20)17-18(11)9-7(13)3-6(14)4-8(9)15/h3-5H,1-2H3,(H,19,20). The van der Waals surface area contributed by atoms with E-state index in [-0.39, 0.29) is 22.5 Å². The van der Waals surface area contributed by atoms with Crippen molar-refractivity contribution in [3.63, 3.8) is 0 Å². The van der Waals surface area contributed by atoms with Crippen LogP contribution in [0.3, 0.4) is 0 Å². The van der Waals surface area contributed by atoms with Crippen molar-refractivity contribution in [3.05, 3.63) is 40.4 Å². The van der Waals surface area contributed by atoms with Gasteiger partial charge in [0.15, 0.2) is 5.82 Å². The van der Waals surface area contributed by atoms with Crippen molar-refractivity contribution in [3.8, 4) is 5.69 Å². The van der Waals surface area contributed by atoms with Crippen molar-refractivity contribution in [2.45, 2.75) is 19.8 Å². The lowest BCUT2D eigenvalue weighted by Crippen LogP contribution is -2.08. The minimum atomic E-state index is -1.34. The Morgan fingerprint density at radius 3 is 2.55 bits per heavy atom. The summed E-state index contributed by atoms with van der Waals surface area (Å²) in [6.07, 6.45) is 0. The summed E-state index contributed by atoms with van der Waals surface area (Å²) in [5.41, 5.74) is -0.225. The summed E-state index contributed by atoms with van der Waals surface area (Å²) < 4.78 is 27.9. The van der Waals surface area contributed by atoms with Crippen molar-refractivity contribution in [2.24, 2.45) is 0 Å². The molecule has 0 fully saturated rings. The molecule has 1 heterocycles. The summed E-state index contributed by atoms with van der Waals surface area (Å²) in [5, 5.41) is 12.4. The number of hydrogen-bond acceptors (Lipinski definition) is 3. The maximum Gasteiger partial charge on any atom is 0.375 e. The maximum absolute atomic E-state index is 13.9. The van der Waals surface area contributed by atoms with Gasteiger partial charge in [0, 0.05) is 12.0 Å². The van der Waals surface area contributed by atoms with Crippen molar-refractivity contribution in [2.75, 3.05) is 0 Å². The quantitative estimate of drug-likeness (QED) is 0.946. The third-order valence-corrected chi connectivity index (χ3v) is 2.82. The molecule has 106 valence electrons. The summed E-state index contributed by atoms with van der Waals surface area (Å²) in [7, 11) is 0. The molecule has 2 rings (SSSR count). The molecular weight excluding hydrogens is 292 g/mol. The molecule has 0 saturated heterocycles. The largest absolute Gasteiger partial charge is 0.475 e. The van der Waals surface area contributed by atoms with Crippen LogP contribution in [0.2, 0.25) is 5.02 Å². The lowest BCUT2D eigenvalue weighted by Gasteiger charge is -2.10. The Kier molecular flexibility index (Phi) is 3.71. The Morgan fingerprint density at radius 2 is 2.05 bits per heavy atom. The minimum Gasteiger partial charge on any atom is -0.475 e. The molecule has 1 aromatic heterocycles. The molecule has 2 aromatic rings. The second-order valence-corrected chi connectivity index (χ2v) is 4.79. The van der Waals surface area contributed by atoms with Gasteiger partial charge in [-0.1, -0.05) is 25.4 Å². The zero-order valence-electron chi connectivity index (χ0n) is 10.6. The van der Waals surface area contributed by atoms with Crippen LogP contribution in [0.1, 0.15) is 36.2 Å². The lowest BCUT2D eigenvalue weighted by molar-refractivity contribution is 0.0683. The van der Waals surface area contributed by atoms with E-state index in [1.54, 1.807) is 13.8 Å². The molecule has 0 saturated carbocycles. The molecule has 0 atom stereocenters. The van der Waals surface area contributed by atoms with E-state index in [1.807, 2.05) is 0 Å². The number of carboxylic acids is 1.